The molecule has 4 nitrogen and oxygen atoms in total. The molecular weight excluding hydrogens is 346 g/mol. The molecule has 1 aromatic carbocycles. The van der Waals surface area contributed by atoms with Crippen LogP contribution in [-0.4, -0.2) is 43.5 Å². The van der Waals surface area contributed by atoms with Crippen LogP contribution in [0.25, 0.3) is 0 Å². The van der Waals surface area contributed by atoms with Gasteiger partial charge < -0.3 is 10.6 Å². The van der Waals surface area contributed by atoms with Crippen LogP contribution >= 0.6 is 0 Å². The summed E-state index contributed by atoms with van der Waals surface area (Å²) in [6, 6.07) is 6.44. The fraction of sp³-hybridized carbons (Fsp3) is 0.708. The average molecular weight is 382 g/mol. The molecule has 0 radical (unpaired) electrons. The molecule has 4 bridgehead atoms. The molecule has 4 saturated carbocycles. The van der Waals surface area contributed by atoms with Crippen molar-refractivity contribution in [3.63, 3.8) is 0 Å². The Balaban J connectivity index is 1.24. The molecular formula is C24H35N3O. The SMILES string of the molecule is Cc1ccc(CN2CCNCC2)cc1C(=O)NCC12CC3CC(CC(C3)C1)C2. The molecule has 1 aliphatic heterocycles. The lowest BCUT2D eigenvalue weighted by atomic mass is 9.49. The monoisotopic (exact) mass is 381 g/mol. The summed E-state index contributed by atoms with van der Waals surface area (Å²) in [5.41, 5.74) is 3.62. The van der Waals surface area contributed by atoms with Crippen LogP contribution in [0, 0.1) is 30.1 Å². The van der Waals surface area contributed by atoms with Gasteiger partial charge in [0.05, 0.1) is 0 Å². The first kappa shape index (κ1) is 18.6. The van der Waals surface area contributed by atoms with Crippen LogP contribution in [0.5, 0.6) is 0 Å². The first-order valence-corrected chi connectivity index (χ1v) is 11.4. The van der Waals surface area contributed by atoms with Crippen LogP contribution in [0.15, 0.2) is 18.2 Å². The molecule has 0 aromatic heterocycles. The predicted octanol–water partition coefficient (Wildman–Crippen LogP) is 3.35. The van der Waals surface area contributed by atoms with Crippen molar-refractivity contribution < 1.29 is 4.79 Å². The molecule has 5 aliphatic rings. The van der Waals surface area contributed by atoms with Gasteiger partial charge in [0, 0.05) is 44.8 Å². The minimum absolute atomic E-state index is 0.135. The van der Waals surface area contributed by atoms with Gasteiger partial charge in [0.2, 0.25) is 0 Å². The van der Waals surface area contributed by atoms with E-state index in [1.807, 2.05) is 0 Å². The highest BCUT2D eigenvalue weighted by molar-refractivity contribution is 5.95. The molecule has 5 fully saturated rings. The van der Waals surface area contributed by atoms with Gasteiger partial charge in [0.15, 0.2) is 0 Å². The van der Waals surface area contributed by atoms with Crippen molar-refractivity contribution in [1.82, 2.24) is 15.5 Å². The zero-order chi connectivity index (χ0) is 19.1. The van der Waals surface area contributed by atoms with E-state index in [2.05, 4.69) is 40.7 Å². The number of rotatable bonds is 5. The molecule has 6 rings (SSSR count). The largest absolute Gasteiger partial charge is 0.351 e. The van der Waals surface area contributed by atoms with E-state index in [0.29, 0.717) is 5.41 Å². The molecule has 28 heavy (non-hydrogen) atoms. The van der Waals surface area contributed by atoms with Crippen LogP contribution in [0.1, 0.15) is 60.0 Å². The van der Waals surface area contributed by atoms with E-state index < -0.39 is 0 Å². The second kappa shape index (κ2) is 7.46. The fourth-order valence-electron chi connectivity index (χ4n) is 7.01. The van der Waals surface area contributed by atoms with Crippen LogP contribution < -0.4 is 10.6 Å². The lowest BCUT2D eigenvalue weighted by Gasteiger charge is -2.56. The Morgan fingerprint density at radius 2 is 1.75 bits per heavy atom. The van der Waals surface area contributed by atoms with E-state index in [-0.39, 0.29) is 5.91 Å². The van der Waals surface area contributed by atoms with Crippen molar-refractivity contribution >= 4 is 5.91 Å². The Hall–Kier alpha value is -1.39. The molecule has 1 heterocycles. The Morgan fingerprint density at radius 1 is 1.11 bits per heavy atom. The topological polar surface area (TPSA) is 44.4 Å². The number of hydrogen-bond donors (Lipinski definition) is 2. The summed E-state index contributed by atoms with van der Waals surface area (Å²) in [6.07, 6.45) is 8.42. The number of nitrogens with one attached hydrogen (secondary N) is 2. The molecule has 4 aliphatic carbocycles. The average Bonchev–Trinajstić information content (AvgIpc) is 2.67. The summed E-state index contributed by atoms with van der Waals surface area (Å²) in [6.45, 7) is 8.18. The highest BCUT2D eigenvalue weighted by Crippen LogP contribution is 2.59. The van der Waals surface area contributed by atoms with Gasteiger partial charge in [0.25, 0.3) is 5.91 Å². The summed E-state index contributed by atoms with van der Waals surface area (Å²) in [5.74, 6) is 2.95. The van der Waals surface area contributed by atoms with Crippen molar-refractivity contribution in [2.24, 2.45) is 23.2 Å². The number of piperazine rings is 1. The molecule has 4 heteroatoms. The molecule has 1 aromatic rings. The predicted molar refractivity (Wildman–Crippen MR) is 112 cm³/mol. The van der Waals surface area contributed by atoms with Gasteiger partial charge in [-0.05, 0) is 85.8 Å². The van der Waals surface area contributed by atoms with Gasteiger partial charge >= 0.3 is 0 Å². The molecule has 152 valence electrons. The zero-order valence-electron chi connectivity index (χ0n) is 17.3. The van der Waals surface area contributed by atoms with E-state index in [0.717, 1.165) is 68.1 Å². The number of hydrogen-bond acceptors (Lipinski definition) is 3. The second-order valence-electron chi connectivity index (χ2n) is 10.3. The van der Waals surface area contributed by atoms with Crippen LogP contribution in [0.3, 0.4) is 0 Å². The maximum Gasteiger partial charge on any atom is 0.251 e. The standard InChI is InChI=1S/C24H35N3O/c1-17-2-3-18(15-27-6-4-25-5-7-27)11-22(17)23(28)26-16-24-12-19-8-20(13-24)10-21(9-19)14-24/h2-3,11,19-21,25H,4-10,12-16H2,1H3,(H,26,28). The quantitative estimate of drug-likeness (QED) is 0.822. The maximum absolute atomic E-state index is 13.1. The summed E-state index contributed by atoms with van der Waals surface area (Å²) in [5, 5.41) is 6.77. The lowest BCUT2D eigenvalue weighted by molar-refractivity contribution is -0.0503. The molecule has 0 spiro atoms. The first-order valence-electron chi connectivity index (χ1n) is 11.4. The van der Waals surface area contributed by atoms with Crippen LogP contribution in [0.2, 0.25) is 0 Å². The van der Waals surface area contributed by atoms with Crippen molar-refractivity contribution in [1.29, 1.82) is 0 Å². The van der Waals surface area contributed by atoms with Crippen molar-refractivity contribution in [3.05, 3.63) is 34.9 Å². The van der Waals surface area contributed by atoms with E-state index in [1.165, 1.54) is 44.1 Å². The smallest absolute Gasteiger partial charge is 0.251 e. The second-order valence-corrected chi connectivity index (χ2v) is 10.3. The third-order valence-corrected chi connectivity index (χ3v) is 7.95. The highest BCUT2D eigenvalue weighted by Gasteiger charge is 2.50. The van der Waals surface area contributed by atoms with E-state index in [1.54, 1.807) is 0 Å². The van der Waals surface area contributed by atoms with Crippen molar-refractivity contribution in [3.8, 4) is 0 Å². The zero-order valence-corrected chi connectivity index (χ0v) is 17.3. The number of carbonyl (C=O) groups excluding carboxylic acids is 1. The molecule has 0 atom stereocenters. The van der Waals surface area contributed by atoms with Crippen molar-refractivity contribution in [2.75, 3.05) is 32.7 Å². The molecule has 0 unspecified atom stereocenters. The molecule has 2 N–H and O–H groups in total. The lowest BCUT2D eigenvalue weighted by Crippen LogP contribution is -2.51. The normalized spacial score (nSPS) is 34.5. The minimum Gasteiger partial charge on any atom is -0.351 e. The van der Waals surface area contributed by atoms with E-state index >= 15 is 0 Å². The summed E-state index contributed by atoms with van der Waals surface area (Å²) in [4.78, 5) is 15.5. The number of benzene rings is 1. The summed E-state index contributed by atoms with van der Waals surface area (Å²) in [7, 11) is 0. The molecule has 1 saturated heterocycles. The van der Waals surface area contributed by atoms with Gasteiger partial charge in [-0.25, -0.2) is 0 Å². The Bertz CT molecular complexity index is 702. The van der Waals surface area contributed by atoms with Crippen LogP contribution in [0.4, 0.5) is 0 Å². The van der Waals surface area contributed by atoms with Gasteiger partial charge in [-0.1, -0.05) is 12.1 Å². The molecule has 1 amide bonds. The van der Waals surface area contributed by atoms with Crippen molar-refractivity contribution in [2.45, 2.75) is 52.0 Å². The van der Waals surface area contributed by atoms with E-state index in [9.17, 15) is 4.79 Å². The minimum atomic E-state index is 0.135. The highest BCUT2D eigenvalue weighted by atomic mass is 16.1. The maximum atomic E-state index is 13.1. The number of amides is 1. The number of aryl methyl sites for hydroxylation is 1. The van der Waals surface area contributed by atoms with Crippen LogP contribution in [-0.2, 0) is 6.54 Å². The van der Waals surface area contributed by atoms with Gasteiger partial charge in [-0.2, -0.15) is 0 Å². The van der Waals surface area contributed by atoms with Gasteiger partial charge in [-0.15, -0.1) is 0 Å². The number of nitrogens with zero attached hydrogens (tertiary/aromatic N) is 1. The Labute approximate surface area is 169 Å². The van der Waals surface area contributed by atoms with E-state index in [4.69, 9.17) is 0 Å². The summed E-state index contributed by atoms with van der Waals surface area (Å²) < 4.78 is 0. The van der Waals surface area contributed by atoms with Gasteiger partial charge in [-0.3, -0.25) is 9.69 Å². The number of carbonyl (C=O) groups is 1. The Kier molecular flexibility index (Phi) is 4.96. The fourth-order valence-corrected chi connectivity index (χ4v) is 7.01. The van der Waals surface area contributed by atoms with Gasteiger partial charge in [0.1, 0.15) is 0 Å². The Morgan fingerprint density at radius 3 is 2.39 bits per heavy atom. The third-order valence-electron chi connectivity index (χ3n) is 7.95. The third kappa shape index (κ3) is 3.73. The summed E-state index contributed by atoms with van der Waals surface area (Å²) >= 11 is 0. The first-order chi connectivity index (χ1) is 13.6.